The molecule has 1 amide bonds. The molecule has 1 aliphatic heterocycles. The lowest BCUT2D eigenvalue weighted by Gasteiger charge is -2.40. The summed E-state index contributed by atoms with van der Waals surface area (Å²) in [6.45, 7) is 7.97. The Balaban J connectivity index is 1.73. The molecule has 4 nitrogen and oxygen atoms in total. The van der Waals surface area contributed by atoms with Crippen LogP contribution in [0.15, 0.2) is 24.3 Å². The molecule has 23 heavy (non-hydrogen) atoms. The number of fused-ring (bicyclic) bond motifs is 2. The molecule has 1 atom stereocenters. The SMILES string of the molecule is CC(C)(C)OC(=O)N1CCC2(CC1)CC(CN)c1ccccc12. The van der Waals surface area contributed by atoms with Crippen molar-refractivity contribution in [3.8, 4) is 0 Å². The Hall–Kier alpha value is -1.55. The fraction of sp³-hybridized carbons (Fsp3) is 0.632. The number of piperidine rings is 1. The molecule has 1 spiro atoms. The van der Waals surface area contributed by atoms with Crippen LogP contribution in [-0.2, 0) is 10.2 Å². The van der Waals surface area contributed by atoms with Crippen molar-refractivity contribution in [3.05, 3.63) is 35.4 Å². The van der Waals surface area contributed by atoms with E-state index < -0.39 is 5.60 Å². The first kappa shape index (κ1) is 16.3. The van der Waals surface area contributed by atoms with Gasteiger partial charge >= 0.3 is 6.09 Å². The van der Waals surface area contributed by atoms with E-state index in [1.165, 1.54) is 11.1 Å². The minimum atomic E-state index is -0.434. The van der Waals surface area contributed by atoms with E-state index in [2.05, 4.69) is 24.3 Å². The van der Waals surface area contributed by atoms with E-state index in [-0.39, 0.29) is 11.5 Å². The molecular formula is C19H28N2O2. The molecule has 126 valence electrons. The fourth-order valence-corrected chi connectivity index (χ4v) is 4.16. The quantitative estimate of drug-likeness (QED) is 0.864. The summed E-state index contributed by atoms with van der Waals surface area (Å²) in [6.07, 6.45) is 2.93. The van der Waals surface area contributed by atoms with Crippen LogP contribution in [0.25, 0.3) is 0 Å². The van der Waals surface area contributed by atoms with Crippen molar-refractivity contribution in [3.63, 3.8) is 0 Å². The molecule has 1 aliphatic carbocycles. The first-order valence-electron chi connectivity index (χ1n) is 8.62. The normalized spacial score (nSPS) is 23.0. The third kappa shape index (κ3) is 3.09. The van der Waals surface area contributed by atoms with Gasteiger partial charge in [-0.1, -0.05) is 24.3 Å². The monoisotopic (exact) mass is 316 g/mol. The molecule has 4 heteroatoms. The van der Waals surface area contributed by atoms with E-state index in [4.69, 9.17) is 10.5 Å². The van der Waals surface area contributed by atoms with Gasteiger partial charge in [0, 0.05) is 13.1 Å². The maximum atomic E-state index is 12.3. The second-order valence-electron chi connectivity index (χ2n) is 7.97. The lowest BCUT2D eigenvalue weighted by molar-refractivity contribution is 0.0162. The summed E-state index contributed by atoms with van der Waals surface area (Å²) >= 11 is 0. The number of rotatable bonds is 1. The summed E-state index contributed by atoms with van der Waals surface area (Å²) in [5.74, 6) is 0.458. The first-order chi connectivity index (χ1) is 10.8. The second-order valence-corrected chi connectivity index (χ2v) is 7.97. The molecule has 1 aromatic carbocycles. The van der Waals surface area contributed by atoms with Gasteiger partial charge < -0.3 is 15.4 Å². The summed E-state index contributed by atoms with van der Waals surface area (Å²) in [7, 11) is 0. The van der Waals surface area contributed by atoms with Crippen molar-refractivity contribution in [2.75, 3.05) is 19.6 Å². The Morgan fingerprint density at radius 3 is 2.57 bits per heavy atom. The van der Waals surface area contributed by atoms with Crippen LogP contribution in [0, 0.1) is 0 Å². The minimum absolute atomic E-state index is 0.186. The van der Waals surface area contributed by atoms with Crippen molar-refractivity contribution >= 4 is 6.09 Å². The number of nitrogens with zero attached hydrogens (tertiary/aromatic N) is 1. The highest BCUT2D eigenvalue weighted by atomic mass is 16.6. The van der Waals surface area contributed by atoms with E-state index >= 15 is 0 Å². The van der Waals surface area contributed by atoms with Gasteiger partial charge in [-0.25, -0.2) is 4.79 Å². The molecule has 3 rings (SSSR count). The zero-order valence-corrected chi connectivity index (χ0v) is 14.5. The van der Waals surface area contributed by atoms with E-state index in [0.29, 0.717) is 12.5 Å². The van der Waals surface area contributed by atoms with Gasteiger partial charge in [0.2, 0.25) is 0 Å². The average Bonchev–Trinajstić information content (AvgIpc) is 2.81. The minimum Gasteiger partial charge on any atom is -0.444 e. The number of hydrogen-bond donors (Lipinski definition) is 1. The number of ether oxygens (including phenoxy) is 1. The van der Waals surface area contributed by atoms with E-state index in [9.17, 15) is 4.79 Å². The van der Waals surface area contributed by atoms with Crippen molar-refractivity contribution < 1.29 is 9.53 Å². The van der Waals surface area contributed by atoms with Gasteiger partial charge in [-0.2, -0.15) is 0 Å². The number of amides is 1. The third-order valence-electron chi connectivity index (χ3n) is 5.27. The van der Waals surface area contributed by atoms with Crippen LogP contribution in [-0.4, -0.2) is 36.2 Å². The van der Waals surface area contributed by atoms with Crippen molar-refractivity contribution in [1.82, 2.24) is 4.90 Å². The summed E-state index contributed by atoms with van der Waals surface area (Å²) in [6, 6.07) is 8.71. The highest BCUT2D eigenvalue weighted by Gasteiger charge is 2.45. The maximum absolute atomic E-state index is 12.3. The predicted molar refractivity (Wildman–Crippen MR) is 91.6 cm³/mol. The molecule has 0 bridgehead atoms. The van der Waals surface area contributed by atoms with Gasteiger partial charge in [-0.05, 0) is 69.0 Å². The highest BCUT2D eigenvalue weighted by molar-refractivity contribution is 5.68. The first-order valence-corrected chi connectivity index (χ1v) is 8.62. The van der Waals surface area contributed by atoms with Crippen LogP contribution in [0.3, 0.4) is 0 Å². The molecule has 1 fully saturated rings. The molecular weight excluding hydrogens is 288 g/mol. The predicted octanol–water partition coefficient (Wildman–Crippen LogP) is 3.40. The van der Waals surface area contributed by atoms with E-state index in [1.54, 1.807) is 0 Å². The van der Waals surface area contributed by atoms with Gasteiger partial charge in [0.05, 0.1) is 0 Å². The summed E-state index contributed by atoms with van der Waals surface area (Å²) < 4.78 is 5.51. The Morgan fingerprint density at radius 1 is 1.30 bits per heavy atom. The smallest absolute Gasteiger partial charge is 0.410 e. The molecule has 2 N–H and O–H groups in total. The Morgan fingerprint density at radius 2 is 1.96 bits per heavy atom. The van der Waals surface area contributed by atoms with Gasteiger partial charge in [0.25, 0.3) is 0 Å². The van der Waals surface area contributed by atoms with E-state index in [0.717, 1.165) is 32.4 Å². The Kier molecular flexibility index (Phi) is 4.13. The molecule has 0 radical (unpaired) electrons. The largest absolute Gasteiger partial charge is 0.444 e. The zero-order valence-electron chi connectivity index (χ0n) is 14.5. The van der Waals surface area contributed by atoms with Crippen LogP contribution in [0.2, 0.25) is 0 Å². The molecule has 2 aliphatic rings. The van der Waals surface area contributed by atoms with Crippen molar-refractivity contribution in [1.29, 1.82) is 0 Å². The summed E-state index contributed by atoms with van der Waals surface area (Å²) in [4.78, 5) is 14.1. The molecule has 0 aromatic heterocycles. The number of carbonyl (C=O) groups is 1. The third-order valence-corrected chi connectivity index (χ3v) is 5.27. The van der Waals surface area contributed by atoms with Gasteiger partial charge in [-0.15, -0.1) is 0 Å². The zero-order chi connectivity index (χ0) is 16.7. The molecule has 1 unspecified atom stereocenters. The number of nitrogens with two attached hydrogens (primary N) is 1. The number of carbonyl (C=O) groups excluding carboxylic acids is 1. The van der Waals surface area contributed by atoms with Crippen molar-refractivity contribution in [2.24, 2.45) is 5.73 Å². The second kappa shape index (κ2) is 5.82. The van der Waals surface area contributed by atoms with Crippen LogP contribution in [0.5, 0.6) is 0 Å². The fourth-order valence-electron chi connectivity index (χ4n) is 4.16. The lowest BCUT2D eigenvalue weighted by Crippen LogP contribution is -2.46. The van der Waals surface area contributed by atoms with Crippen molar-refractivity contribution in [2.45, 2.75) is 57.0 Å². The Bertz CT molecular complexity index is 583. The van der Waals surface area contributed by atoms with Crippen LogP contribution in [0.4, 0.5) is 4.79 Å². The molecule has 1 heterocycles. The van der Waals surface area contributed by atoms with Crippen LogP contribution >= 0.6 is 0 Å². The lowest BCUT2D eigenvalue weighted by atomic mass is 9.73. The van der Waals surface area contributed by atoms with Gasteiger partial charge in [-0.3, -0.25) is 0 Å². The highest BCUT2D eigenvalue weighted by Crippen LogP contribution is 2.51. The van der Waals surface area contributed by atoms with Gasteiger partial charge in [0.15, 0.2) is 0 Å². The standard InChI is InChI=1S/C19H28N2O2/c1-18(2,3)23-17(22)21-10-8-19(9-11-21)12-14(13-20)15-6-4-5-7-16(15)19/h4-7,14H,8-13,20H2,1-3H3. The van der Waals surface area contributed by atoms with Gasteiger partial charge in [0.1, 0.15) is 5.60 Å². The molecule has 1 aromatic rings. The number of hydrogen-bond acceptors (Lipinski definition) is 3. The van der Waals surface area contributed by atoms with E-state index in [1.807, 2.05) is 25.7 Å². The number of likely N-dealkylation sites (tertiary alicyclic amines) is 1. The van der Waals surface area contributed by atoms with Crippen LogP contribution < -0.4 is 5.73 Å². The molecule has 0 saturated carbocycles. The molecule has 1 saturated heterocycles. The summed E-state index contributed by atoms with van der Waals surface area (Å²) in [5.41, 5.74) is 8.63. The number of benzene rings is 1. The average molecular weight is 316 g/mol. The summed E-state index contributed by atoms with van der Waals surface area (Å²) in [5, 5.41) is 0. The maximum Gasteiger partial charge on any atom is 0.410 e. The topological polar surface area (TPSA) is 55.6 Å². The Labute approximate surface area is 139 Å². The van der Waals surface area contributed by atoms with Crippen LogP contribution in [0.1, 0.15) is 57.1 Å².